The van der Waals surface area contributed by atoms with Gasteiger partial charge >= 0.3 is 39.5 Å². The van der Waals surface area contributed by atoms with Gasteiger partial charge in [-0.15, -0.1) is 0 Å². The number of phosphoric acid groups is 2. The first-order valence-electron chi connectivity index (χ1n) is 38.2. The van der Waals surface area contributed by atoms with Crippen LogP contribution in [0.2, 0.25) is 0 Å². The van der Waals surface area contributed by atoms with Gasteiger partial charge < -0.3 is 33.8 Å². The molecule has 93 heavy (non-hydrogen) atoms. The van der Waals surface area contributed by atoms with E-state index in [0.29, 0.717) is 31.6 Å². The van der Waals surface area contributed by atoms with Crippen molar-refractivity contribution in [3.63, 3.8) is 0 Å². The fraction of sp³-hybridized carbons (Fsp3) is 0.946. The van der Waals surface area contributed by atoms with Gasteiger partial charge in [0.05, 0.1) is 26.4 Å². The summed E-state index contributed by atoms with van der Waals surface area (Å²) >= 11 is 0. The van der Waals surface area contributed by atoms with E-state index >= 15 is 0 Å². The lowest BCUT2D eigenvalue weighted by molar-refractivity contribution is -0.161. The van der Waals surface area contributed by atoms with Crippen LogP contribution in [0.1, 0.15) is 370 Å². The van der Waals surface area contributed by atoms with Gasteiger partial charge in [0.25, 0.3) is 0 Å². The number of hydrogen-bond acceptors (Lipinski definition) is 15. The molecule has 0 aliphatic rings. The van der Waals surface area contributed by atoms with Crippen molar-refractivity contribution in [1.29, 1.82) is 0 Å². The van der Waals surface area contributed by atoms with E-state index in [1.807, 2.05) is 0 Å². The van der Waals surface area contributed by atoms with E-state index < -0.39 is 97.5 Å². The Labute approximate surface area is 568 Å². The summed E-state index contributed by atoms with van der Waals surface area (Å²) in [6, 6.07) is 0. The summed E-state index contributed by atoms with van der Waals surface area (Å²) in [5, 5.41) is 10.6. The number of carbonyl (C=O) groups is 4. The van der Waals surface area contributed by atoms with Crippen LogP contribution in [0.4, 0.5) is 0 Å². The van der Waals surface area contributed by atoms with Gasteiger partial charge in [-0.2, -0.15) is 0 Å². The zero-order valence-corrected chi connectivity index (χ0v) is 62.7. The third kappa shape index (κ3) is 67.0. The summed E-state index contributed by atoms with van der Waals surface area (Å²) in [4.78, 5) is 72.6. The quantitative estimate of drug-likeness (QED) is 0.0222. The predicted octanol–water partition coefficient (Wildman–Crippen LogP) is 21.3. The molecule has 0 saturated carbocycles. The van der Waals surface area contributed by atoms with Crippen LogP contribution in [-0.2, 0) is 65.4 Å². The van der Waals surface area contributed by atoms with Gasteiger partial charge in [-0.25, -0.2) is 9.13 Å². The number of rotatable bonds is 71. The molecule has 17 nitrogen and oxygen atoms in total. The lowest BCUT2D eigenvalue weighted by Gasteiger charge is -2.21. The predicted molar refractivity (Wildman–Crippen MR) is 377 cm³/mol. The van der Waals surface area contributed by atoms with Crippen LogP contribution in [0.15, 0.2) is 0 Å². The van der Waals surface area contributed by atoms with Crippen LogP contribution >= 0.6 is 15.6 Å². The van der Waals surface area contributed by atoms with E-state index in [9.17, 15) is 43.2 Å². The second-order valence-corrected chi connectivity index (χ2v) is 31.3. The van der Waals surface area contributed by atoms with Crippen LogP contribution in [-0.4, -0.2) is 96.7 Å². The zero-order valence-electron chi connectivity index (χ0n) is 60.9. The van der Waals surface area contributed by atoms with E-state index in [1.54, 1.807) is 0 Å². The third-order valence-corrected chi connectivity index (χ3v) is 19.3. The summed E-state index contributed by atoms with van der Waals surface area (Å²) in [5.41, 5.74) is 0. The van der Waals surface area contributed by atoms with Gasteiger partial charge in [0.1, 0.15) is 19.3 Å². The number of aliphatic hydroxyl groups excluding tert-OH is 1. The molecule has 0 saturated heterocycles. The number of carbonyl (C=O) groups excluding carboxylic acids is 4. The maximum absolute atomic E-state index is 13.0. The Morgan fingerprint density at radius 2 is 0.516 bits per heavy atom. The van der Waals surface area contributed by atoms with Crippen molar-refractivity contribution >= 4 is 39.5 Å². The van der Waals surface area contributed by atoms with Crippen molar-refractivity contribution in [2.24, 2.45) is 23.7 Å². The highest BCUT2D eigenvalue weighted by Gasteiger charge is 2.30. The van der Waals surface area contributed by atoms with E-state index in [4.69, 9.17) is 37.0 Å². The molecule has 3 unspecified atom stereocenters. The van der Waals surface area contributed by atoms with Gasteiger partial charge in [-0.3, -0.25) is 37.3 Å². The molecular formula is C74H144O17P2. The molecule has 0 spiro atoms. The molecule has 0 aromatic carbocycles. The average molecular weight is 1370 g/mol. The van der Waals surface area contributed by atoms with E-state index in [-0.39, 0.29) is 25.7 Å². The Morgan fingerprint density at radius 3 is 0.763 bits per heavy atom. The van der Waals surface area contributed by atoms with E-state index in [1.165, 1.54) is 161 Å². The molecule has 0 aliphatic carbocycles. The van der Waals surface area contributed by atoms with Crippen LogP contribution in [0.3, 0.4) is 0 Å². The smallest absolute Gasteiger partial charge is 0.462 e. The molecule has 0 heterocycles. The Bertz CT molecular complexity index is 1840. The van der Waals surface area contributed by atoms with Crippen molar-refractivity contribution in [2.75, 3.05) is 39.6 Å². The molecular weight excluding hydrogens is 1220 g/mol. The number of esters is 4. The lowest BCUT2D eigenvalue weighted by Crippen LogP contribution is -2.30. The van der Waals surface area contributed by atoms with Crippen LogP contribution in [0, 0.1) is 23.7 Å². The van der Waals surface area contributed by atoms with E-state index in [0.717, 1.165) is 120 Å². The molecule has 0 aromatic heterocycles. The van der Waals surface area contributed by atoms with Crippen molar-refractivity contribution < 1.29 is 80.2 Å². The van der Waals surface area contributed by atoms with Crippen molar-refractivity contribution in [2.45, 2.75) is 388 Å². The van der Waals surface area contributed by atoms with Gasteiger partial charge in [-0.05, 0) is 49.4 Å². The first-order valence-corrected chi connectivity index (χ1v) is 41.2. The van der Waals surface area contributed by atoms with Crippen molar-refractivity contribution in [3.05, 3.63) is 0 Å². The van der Waals surface area contributed by atoms with E-state index in [2.05, 4.69) is 55.4 Å². The van der Waals surface area contributed by atoms with Crippen LogP contribution in [0.5, 0.6) is 0 Å². The molecule has 0 aromatic rings. The van der Waals surface area contributed by atoms with Gasteiger partial charge in [-0.1, -0.05) is 319 Å². The maximum atomic E-state index is 13.0. The highest BCUT2D eigenvalue weighted by Crippen LogP contribution is 2.45. The highest BCUT2D eigenvalue weighted by atomic mass is 31.2. The number of aliphatic hydroxyl groups is 1. The van der Waals surface area contributed by atoms with Crippen molar-refractivity contribution in [1.82, 2.24) is 0 Å². The molecule has 0 amide bonds. The lowest BCUT2D eigenvalue weighted by atomic mass is 10.00. The summed E-state index contributed by atoms with van der Waals surface area (Å²) in [5.74, 6) is 0.855. The highest BCUT2D eigenvalue weighted by molar-refractivity contribution is 7.47. The monoisotopic (exact) mass is 1370 g/mol. The molecule has 0 bridgehead atoms. The molecule has 0 radical (unpaired) electrons. The zero-order chi connectivity index (χ0) is 68.9. The molecule has 3 N–H and O–H groups in total. The summed E-state index contributed by atoms with van der Waals surface area (Å²) < 4.78 is 68.4. The Kier molecular flexibility index (Phi) is 62.2. The summed E-state index contributed by atoms with van der Waals surface area (Å²) in [7, 11) is -9.91. The first-order chi connectivity index (χ1) is 44.6. The SMILES string of the molecule is CCC(C)CCCCCCCCC(=O)OC[C@H](COP(=O)(O)OC[C@H](O)COP(=O)(O)OC[C@@H](COC(=O)CCCCCCCCC(C)C)OC(=O)CCCCCCCCCCCCC(C)C)OC(=O)CCCCCCCCCCCCCCCCCCCCC(C)C. The fourth-order valence-corrected chi connectivity index (χ4v) is 12.7. The Balaban J connectivity index is 5.17. The molecule has 0 fully saturated rings. The molecule has 0 aliphatic heterocycles. The normalized spacial score (nSPS) is 14.5. The summed E-state index contributed by atoms with van der Waals surface area (Å²) in [6.45, 7) is 14.1. The second kappa shape index (κ2) is 63.5. The molecule has 6 atom stereocenters. The Hall–Kier alpha value is -1.94. The number of hydrogen-bond donors (Lipinski definition) is 3. The minimum atomic E-state index is -4.96. The minimum absolute atomic E-state index is 0.104. The first kappa shape index (κ1) is 91.1. The fourth-order valence-electron chi connectivity index (χ4n) is 11.2. The largest absolute Gasteiger partial charge is 0.472 e. The van der Waals surface area contributed by atoms with Crippen LogP contribution < -0.4 is 0 Å². The van der Waals surface area contributed by atoms with Gasteiger partial charge in [0.2, 0.25) is 0 Å². The minimum Gasteiger partial charge on any atom is -0.462 e. The van der Waals surface area contributed by atoms with Crippen LogP contribution in [0.25, 0.3) is 0 Å². The van der Waals surface area contributed by atoms with Crippen molar-refractivity contribution in [3.8, 4) is 0 Å². The number of ether oxygens (including phenoxy) is 4. The second-order valence-electron chi connectivity index (χ2n) is 28.4. The molecule has 19 heteroatoms. The standard InChI is InChI=1S/C74H144O17P2/c1-9-67(8)53-45-37-31-33-39-47-55-72(77)85-61-70(91-73(78)56-48-40-28-24-19-17-15-13-11-10-12-14-16-18-22-26-34-42-50-64(2)3)63-89-93(82,83)87-59-68(75)58-86-92(80,81)88-62-69(60-84-71(76)54-46-38-32-30-36-44-52-66(6)7)90-74(79)57-49-41-29-25-21-20-23-27-35-43-51-65(4)5/h64-70,75H,9-63H2,1-8H3,(H,80,81)(H,82,83)/t67?,68-,69-,70-/m1/s1. The molecule has 552 valence electrons. The topological polar surface area (TPSA) is 237 Å². The number of phosphoric ester groups is 2. The third-order valence-electron chi connectivity index (χ3n) is 17.4. The Morgan fingerprint density at radius 1 is 0.301 bits per heavy atom. The van der Waals surface area contributed by atoms with Gasteiger partial charge in [0, 0.05) is 25.7 Å². The average Bonchev–Trinajstić information content (AvgIpc) is 1.98. The van der Waals surface area contributed by atoms with Gasteiger partial charge in [0.15, 0.2) is 12.2 Å². The number of unbranched alkanes of at least 4 members (excludes halogenated alkanes) is 36. The summed E-state index contributed by atoms with van der Waals surface area (Å²) in [6.07, 6.45) is 47.5. The maximum Gasteiger partial charge on any atom is 0.472 e. The molecule has 0 rings (SSSR count).